The van der Waals surface area contributed by atoms with Gasteiger partial charge in [0, 0.05) is 36.4 Å². The Morgan fingerprint density at radius 2 is 2.22 bits per heavy atom. The molecule has 1 aliphatic heterocycles. The van der Waals surface area contributed by atoms with E-state index in [1.165, 1.54) is 10.9 Å². The van der Waals surface area contributed by atoms with Gasteiger partial charge in [0.25, 0.3) is 0 Å². The van der Waals surface area contributed by atoms with Crippen molar-refractivity contribution in [2.75, 3.05) is 0 Å². The van der Waals surface area contributed by atoms with Crippen LogP contribution in [0.5, 0.6) is 0 Å². The molecule has 0 saturated heterocycles. The van der Waals surface area contributed by atoms with Crippen LogP contribution < -0.4 is 5.32 Å². The molecule has 1 unspecified atom stereocenters. The summed E-state index contributed by atoms with van der Waals surface area (Å²) in [4.78, 5) is 4.47. The normalized spacial score (nSPS) is 17.6. The molecule has 0 aliphatic carbocycles. The van der Waals surface area contributed by atoms with Gasteiger partial charge in [0.05, 0.1) is 6.54 Å². The molecular weight excluding hydrogens is 288 g/mol. The fourth-order valence-electron chi connectivity index (χ4n) is 3.48. The van der Waals surface area contributed by atoms with Crippen molar-refractivity contribution in [2.24, 2.45) is 0 Å². The van der Waals surface area contributed by atoms with Crippen molar-refractivity contribution in [1.29, 1.82) is 0 Å². The van der Waals surface area contributed by atoms with Crippen molar-refractivity contribution in [1.82, 2.24) is 20.1 Å². The average Bonchev–Trinajstić information content (AvgIpc) is 3.11. The summed E-state index contributed by atoms with van der Waals surface area (Å²) in [5.41, 5.74) is 2.28. The van der Waals surface area contributed by atoms with Crippen LogP contribution in [0.15, 0.2) is 28.7 Å². The van der Waals surface area contributed by atoms with Crippen LogP contribution in [0, 0.1) is 6.92 Å². The lowest BCUT2D eigenvalue weighted by molar-refractivity contribution is 0.357. The number of furan rings is 1. The molecule has 0 amide bonds. The van der Waals surface area contributed by atoms with E-state index < -0.39 is 0 Å². The lowest BCUT2D eigenvalue weighted by Gasteiger charge is -2.23. The molecule has 23 heavy (non-hydrogen) atoms. The van der Waals surface area contributed by atoms with Crippen molar-refractivity contribution in [2.45, 2.75) is 52.2 Å². The highest BCUT2D eigenvalue weighted by Gasteiger charge is 2.21. The Labute approximate surface area is 135 Å². The van der Waals surface area contributed by atoms with Gasteiger partial charge in [-0.3, -0.25) is 0 Å². The Kier molecular flexibility index (Phi) is 3.65. The van der Waals surface area contributed by atoms with E-state index in [1.807, 2.05) is 23.7 Å². The van der Waals surface area contributed by atoms with Crippen molar-refractivity contribution in [3.63, 3.8) is 0 Å². The standard InChI is InChI=1S/C18H22N4O/c1-3-16-15(14-6-4-5-7-17(14)23-16)10-19-13-8-9-18-20-12(2)21-22(18)11-13/h4-7,13,19H,3,8-11H2,1-2H3. The van der Waals surface area contributed by atoms with E-state index in [4.69, 9.17) is 4.42 Å². The summed E-state index contributed by atoms with van der Waals surface area (Å²) in [6.45, 7) is 5.84. The van der Waals surface area contributed by atoms with Gasteiger partial charge in [-0.05, 0) is 19.4 Å². The molecule has 120 valence electrons. The number of aromatic nitrogens is 3. The highest BCUT2D eigenvalue weighted by atomic mass is 16.3. The SMILES string of the molecule is CCc1oc2ccccc2c1CNC1CCc2nc(C)nn2C1. The first kappa shape index (κ1) is 14.5. The minimum Gasteiger partial charge on any atom is -0.461 e. The Morgan fingerprint density at radius 3 is 3.09 bits per heavy atom. The largest absolute Gasteiger partial charge is 0.461 e. The zero-order valence-electron chi connectivity index (χ0n) is 13.7. The Hall–Kier alpha value is -2.14. The number of nitrogens with one attached hydrogen (secondary N) is 1. The van der Waals surface area contributed by atoms with Crippen LogP contribution in [0.4, 0.5) is 0 Å². The number of rotatable bonds is 4. The first-order valence-electron chi connectivity index (χ1n) is 8.37. The second kappa shape index (κ2) is 5.81. The molecule has 1 N–H and O–H groups in total. The van der Waals surface area contributed by atoms with E-state index in [9.17, 15) is 0 Å². The molecular formula is C18H22N4O. The maximum Gasteiger partial charge on any atom is 0.147 e. The number of nitrogens with zero attached hydrogens (tertiary/aromatic N) is 3. The smallest absolute Gasteiger partial charge is 0.147 e. The molecule has 3 heterocycles. The minimum absolute atomic E-state index is 0.432. The second-order valence-electron chi connectivity index (χ2n) is 6.23. The fourth-order valence-corrected chi connectivity index (χ4v) is 3.48. The molecule has 0 saturated carbocycles. The van der Waals surface area contributed by atoms with Crippen molar-refractivity contribution in [3.05, 3.63) is 47.2 Å². The summed E-state index contributed by atoms with van der Waals surface area (Å²) in [7, 11) is 0. The minimum atomic E-state index is 0.432. The van der Waals surface area contributed by atoms with E-state index in [2.05, 4.69) is 34.5 Å². The van der Waals surface area contributed by atoms with E-state index in [1.54, 1.807) is 0 Å². The molecule has 5 nitrogen and oxygen atoms in total. The van der Waals surface area contributed by atoms with Gasteiger partial charge < -0.3 is 9.73 Å². The first-order chi connectivity index (χ1) is 11.2. The zero-order valence-corrected chi connectivity index (χ0v) is 13.7. The van der Waals surface area contributed by atoms with E-state index in [-0.39, 0.29) is 0 Å². The van der Waals surface area contributed by atoms with Crippen LogP contribution in [-0.4, -0.2) is 20.8 Å². The second-order valence-corrected chi connectivity index (χ2v) is 6.23. The summed E-state index contributed by atoms with van der Waals surface area (Å²) < 4.78 is 8.03. The van der Waals surface area contributed by atoms with E-state index >= 15 is 0 Å². The topological polar surface area (TPSA) is 55.9 Å². The summed E-state index contributed by atoms with van der Waals surface area (Å²) in [5.74, 6) is 3.07. The van der Waals surface area contributed by atoms with Crippen LogP contribution >= 0.6 is 0 Å². The maximum absolute atomic E-state index is 5.98. The van der Waals surface area contributed by atoms with Gasteiger partial charge in [0.1, 0.15) is 23.0 Å². The number of benzene rings is 1. The van der Waals surface area contributed by atoms with Gasteiger partial charge in [-0.15, -0.1) is 0 Å². The zero-order chi connectivity index (χ0) is 15.8. The quantitative estimate of drug-likeness (QED) is 0.805. The van der Waals surface area contributed by atoms with Crippen LogP contribution in [0.1, 0.15) is 36.3 Å². The molecule has 0 fully saturated rings. The van der Waals surface area contributed by atoms with Gasteiger partial charge in [-0.25, -0.2) is 9.67 Å². The molecule has 3 aromatic rings. The van der Waals surface area contributed by atoms with Gasteiger partial charge in [-0.2, -0.15) is 5.10 Å². The Morgan fingerprint density at radius 1 is 1.35 bits per heavy atom. The molecule has 1 aliphatic rings. The van der Waals surface area contributed by atoms with E-state index in [0.717, 1.165) is 55.3 Å². The maximum atomic E-state index is 5.98. The van der Waals surface area contributed by atoms with Gasteiger partial charge in [0.15, 0.2) is 0 Å². The predicted octanol–water partition coefficient (Wildman–Crippen LogP) is 3.00. The highest BCUT2D eigenvalue weighted by molar-refractivity contribution is 5.82. The fraction of sp³-hybridized carbons (Fsp3) is 0.444. The third-order valence-electron chi connectivity index (χ3n) is 4.63. The molecule has 1 aromatic carbocycles. The highest BCUT2D eigenvalue weighted by Crippen LogP contribution is 2.26. The number of hydrogen-bond acceptors (Lipinski definition) is 4. The summed E-state index contributed by atoms with van der Waals surface area (Å²) in [5, 5.41) is 9.40. The average molecular weight is 310 g/mol. The Balaban J connectivity index is 1.51. The summed E-state index contributed by atoms with van der Waals surface area (Å²) >= 11 is 0. The lowest BCUT2D eigenvalue weighted by Crippen LogP contribution is -2.37. The molecule has 1 atom stereocenters. The van der Waals surface area contributed by atoms with Gasteiger partial charge >= 0.3 is 0 Å². The van der Waals surface area contributed by atoms with Gasteiger partial charge in [0.2, 0.25) is 0 Å². The number of aryl methyl sites for hydroxylation is 3. The molecule has 5 heteroatoms. The van der Waals surface area contributed by atoms with Crippen LogP contribution in [0.2, 0.25) is 0 Å². The molecule has 2 aromatic heterocycles. The number of para-hydroxylation sites is 1. The monoisotopic (exact) mass is 310 g/mol. The number of hydrogen-bond donors (Lipinski definition) is 1. The van der Waals surface area contributed by atoms with Crippen molar-refractivity contribution in [3.8, 4) is 0 Å². The first-order valence-corrected chi connectivity index (χ1v) is 8.37. The molecule has 0 spiro atoms. The van der Waals surface area contributed by atoms with Crippen LogP contribution in [0.25, 0.3) is 11.0 Å². The van der Waals surface area contributed by atoms with Gasteiger partial charge in [-0.1, -0.05) is 25.1 Å². The van der Waals surface area contributed by atoms with Crippen LogP contribution in [0.3, 0.4) is 0 Å². The van der Waals surface area contributed by atoms with Crippen molar-refractivity contribution < 1.29 is 4.42 Å². The summed E-state index contributed by atoms with van der Waals surface area (Å²) in [6, 6.07) is 8.73. The van der Waals surface area contributed by atoms with Crippen molar-refractivity contribution >= 4 is 11.0 Å². The van der Waals surface area contributed by atoms with E-state index in [0.29, 0.717) is 6.04 Å². The third-order valence-corrected chi connectivity index (χ3v) is 4.63. The molecule has 0 bridgehead atoms. The third kappa shape index (κ3) is 2.65. The lowest BCUT2D eigenvalue weighted by atomic mass is 10.1. The summed E-state index contributed by atoms with van der Waals surface area (Å²) in [6.07, 6.45) is 3.02. The number of fused-ring (bicyclic) bond motifs is 2. The van der Waals surface area contributed by atoms with Crippen LogP contribution in [-0.2, 0) is 25.9 Å². The molecule has 4 rings (SSSR count). The molecule has 0 radical (unpaired) electrons. The predicted molar refractivity (Wildman–Crippen MR) is 89.3 cm³/mol. The Bertz CT molecular complexity index is 833.